The molecular formula is C38H44NO3S2+. The van der Waals surface area contributed by atoms with E-state index in [0.717, 1.165) is 45.7 Å². The summed E-state index contributed by atoms with van der Waals surface area (Å²) in [6.07, 6.45) is 7.33. The lowest BCUT2D eigenvalue weighted by Crippen LogP contribution is -2.35. The molecule has 3 aromatic rings. The second-order valence-corrected chi connectivity index (χ2v) is 15.8. The van der Waals surface area contributed by atoms with E-state index in [4.69, 9.17) is 9.47 Å². The molecule has 1 aliphatic heterocycles. The number of benzene rings is 2. The van der Waals surface area contributed by atoms with Crippen LogP contribution in [-0.2, 0) is 10.2 Å². The van der Waals surface area contributed by atoms with Crippen molar-refractivity contribution in [3.63, 3.8) is 0 Å². The second-order valence-electron chi connectivity index (χ2n) is 13.6. The van der Waals surface area contributed by atoms with Crippen LogP contribution in [0, 0.1) is 5.41 Å². The smallest absolute Gasteiger partial charge is 0.239 e. The lowest BCUT2D eigenvalue weighted by atomic mass is 9.82. The van der Waals surface area contributed by atoms with Crippen LogP contribution in [0.1, 0.15) is 77.8 Å². The highest BCUT2D eigenvalue weighted by Gasteiger charge is 2.35. The molecule has 0 saturated heterocycles. The van der Waals surface area contributed by atoms with Crippen molar-refractivity contribution < 1.29 is 14.3 Å². The molecule has 2 aliphatic rings. The third kappa shape index (κ3) is 6.38. The van der Waals surface area contributed by atoms with Crippen molar-refractivity contribution in [2.45, 2.75) is 78.2 Å². The van der Waals surface area contributed by atoms with E-state index in [1.807, 2.05) is 12.1 Å². The normalized spacial score (nSPS) is 17.9. The molecule has 1 aliphatic carbocycles. The van der Waals surface area contributed by atoms with Gasteiger partial charge in [0.2, 0.25) is 20.9 Å². The molecule has 44 heavy (non-hydrogen) atoms. The molecular weight excluding hydrogens is 583 g/mol. The summed E-state index contributed by atoms with van der Waals surface area (Å²) in [6.45, 7) is 17.7. The van der Waals surface area contributed by atoms with Gasteiger partial charge >= 0.3 is 0 Å². The van der Waals surface area contributed by atoms with Gasteiger partial charge < -0.3 is 14.8 Å². The highest BCUT2D eigenvalue weighted by Crippen LogP contribution is 2.49. The summed E-state index contributed by atoms with van der Waals surface area (Å²) >= 11 is 3.59. The molecule has 5 rings (SSSR count). The molecule has 6 heteroatoms. The van der Waals surface area contributed by atoms with Gasteiger partial charge in [0.1, 0.15) is 11.5 Å². The minimum absolute atomic E-state index is 0.0244. The van der Waals surface area contributed by atoms with Crippen molar-refractivity contribution in [2.75, 3.05) is 14.2 Å². The Morgan fingerprint density at radius 1 is 0.932 bits per heavy atom. The Hall–Kier alpha value is -3.35. The minimum atomic E-state index is -0.0244. The first-order chi connectivity index (χ1) is 20.7. The van der Waals surface area contributed by atoms with E-state index >= 15 is 0 Å². The number of fused-ring (bicyclic) bond motifs is 2. The number of allylic oxidation sites excluding steroid dienone is 6. The Morgan fingerprint density at radius 3 is 2.25 bits per heavy atom. The van der Waals surface area contributed by atoms with Crippen molar-refractivity contribution in [2.24, 2.45) is 5.41 Å². The van der Waals surface area contributed by atoms with E-state index in [2.05, 4.69) is 109 Å². The molecule has 1 unspecified atom stereocenters. The maximum absolute atomic E-state index is 14.1. The summed E-state index contributed by atoms with van der Waals surface area (Å²) in [5.41, 5.74) is 5.43. The number of ether oxygens (including phenoxy) is 2. The summed E-state index contributed by atoms with van der Waals surface area (Å²) in [5.74, 6) is 1.66. The molecule has 0 spiro atoms. The van der Waals surface area contributed by atoms with Crippen LogP contribution in [0.4, 0.5) is 0 Å². The number of carbonyl (C=O) groups excluding carboxylic acids is 1. The molecule has 0 radical (unpaired) electrons. The van der Waals surface area contributed by atoms with Crippen LogP contribution in [0.15, 0.2) is 81.3 Å². The molecule has 230 valence electrons. The van der Waals surface area contributed by atoms with E-state index in [1.54, 1.807) is 37.3 Å². The van der Waals surface area contributed by atoms with Crippen LogP contribution < -0.4 is 14.8 Å². The maximum Gasteiger partial charge on any atom is 0.239 e. The molecule has 0 saturated carbocycles. The third-order valence-corrected chi connectivity index (χ3v) is 11.2. The first-order valence-corrected chi connectivity index (χ1v) is 16.9. The lowest BCUT2D eigenvalue weighted by molar-refractivity contribution is -0.112. The van der Waals surface area contributed by atoms with Gasteiger partial charge in [-0.25, -0.2) is 0 Å². The number of carbonyl (C=O) groups is 1. The zero-order chi connectivity index (χ0) is 32.0. The number of hydrogen-bond donors (Lipinski definition) is 1. The summed E-state index contributed by atoms with van der Waals surface area (Å²) in [6, 6.07) is 14.9. The Morgan fingerprint density at radius 2 is 1.61 bits per heavy atom. The zero-order valence-corrected chi connectivity index (χ0v) is 29.2. The van der Waals surface area contributed by atoms with E-state index in [9.17, 15) is 4.79 Å². The van der Waals surface area contributed by atoms with Crippen molar-refractivity contribution >= 4 is 50.6 Å². The zero-order valence-electron chi connectivity index (χ0n) is 27.6. The van der Waals surface area contributed by atoms with Crippen LogP contribution in [0.2, 0.25) is 0 Å². The quantitative estimate of drug-likeness (QED) is 0.209. The number of ketones is 1. The summed E-state index contributed by atoms with van der Waals surface area (Å²) in [7, 11) is 3.38. The highest BCUT2D eigenvalue weighted by atomic mass is 32.2. The van der Waals surface area contributed by atoms with Crippen LogP contribution >= 0.6 is 23.1 Å². The molecule has 2 heterocycles. The predicted molar refractivity (Wildman–Crippen MR) is 189 cm³/mol. The van der Waals surface area contributed by atoms with Gasteiger partial charge in [-0.3, -0.25) is 4.79 Å². The average molecular weight is 627 g/mol. The number of rotatable bonds is 7. The fraction of sp³-hybridized carbons (Fsp3) is 0.368. The molecule has 0 bridgehead atoms. The third-order valence-electron chi connectivity index (χ3n) is 8.12. The topological polar surface area (TPSA) is 47.6 Å². The minimum Gasteiger partial charge on any atom is -0.497 e. The van der Waals surface area contributed by atoms with Gasteiger partial charge in [0, 0.05) is 39.6 Å². The van der Waals surface area contributed by atoms with Gasteiger partial charge in [-0.2, -0.15) is 0 Å². The fourth-order valence-electron chi connectivity index (χ4n) is 5.16. The van der Waals surface area contributed by atoms with E-state index in [1.165, 1.54) is 19.4 Å². The monoisotopic (exact) mass is 626 g/mol. The standard InChI is InChI=1S/C38H43NO3S2/c1-11-22(2)39-35-29(16-23-18-33(37(3,4)5)43-31-14-12-25(41-9)20-27(23)31)36(40)30(35)17-24-19-34(38(6,7)8)44-32-15-13-26(42-10)21-28(24)32/h12-22H,11H2,1-10H3/p+1. The van der Waals surface area contributed by atoms with Crippen molar-refractivity contribution in [1.82, 2.24) is 5.32 Å². The number of methoxy groups -OCH3 is 2. The highest BCUT2D eigenvalue weighted by molar-refractivity contribution is 8.03. The number of hydrogen-bond acceptors (Lipinski definition) is 5. The summed E-state index contributed by atoms with van der Waals surface area (Å²) < 4.78 is 12.3. The van der Waals surface area contributed by atoms with Gasteiger partial charge in [0.15, 0.2) is 5.78 Å². The number of Topliss-reactive ketones (excluding diaryl/α,β-unsaturated/α-hetero) is 1. The lowest BCUT2D eigenvalue weighted by Gasteiger charge is -2.31. The van der Waals surface area contributed by atoms with Gasteiger partial charge in [-0.05, 0) is 88.9 Å². The molecule has 0 fully saturated rings. The molecule has 4 nitrogen and oxygen atoms in total. The van der Waals surface area contributed by atoms with Crippen LogP contribution in [0.25, 0.3) is 21.7 Å². The largest absolute Gasteiger partial charge is 0.497 e. The van der Waals surface area contributed by atoms with Gasteiger partial charge in [0.05, 0.1) is 25.3 Å². The Kier molecular flexibility index (Phi) is 8.90. The fourth-order valence-corrected chi connectivity index (χ4v) is 7.46. The van der Waals surface area contributed by atoms with Crippen LogP contribution in [0.5, 0.6) is 11.5 Å². The van der Waals surface area contributed by atoms with Crippen molar-refractivity contribution in [3.8, 4) is 11.5 Å². The Labute approximate surface area is 271 Å². The van der Waals surface area contributed by atoms with Gasteiger partial charge in [0.25, 0.3) is 0 Å². The van der Waals surface area contributed by atoms with Crippen LogP contribution in [-0.4, -0.2) is 26.0 Å². The SMILES string of the molecule is CCC(C)NC1=C(/C=C2\C=C(C(C)(C)C)Sc3ccc(OC)cc32)C(=O)/C1=C\c1cc(C(C)(C)C)[s+]c2ccc(OC)cc12. The van der Waals surface area contributed by atoms with Gasteiger partial charge in [-0.15, -0.1) is 0 Å². The number of nitrogens with one attached hydrogen (secondary N) is 1. The van der Waals surface area contributed by atoms with Crippen molar-refractivity contribution in [3.05, 3.63) is 92.4 Å². The molecule has 2 aromatic carbocycles. The maximum atomic E-state index is 14.1. The summed E-state index contributed by atoms with van der Waals surface area (Å²) in [4.78, 5) is 17.8. The first kappa shape index (κ1) is 32.1. The van der Waals surface area contributed by atoms with E-state index < -0.39 is 0 Å². The molecule has 1 aromatic heterocycles. The van der Waals surface area contributed by atoms with Gasteiger partial charge in [-0.1, -0.05) is 60.2 Å². The van der Waals surface area contributed by atoms with Crippen LogP contribution in [0.3, 0.4) is 0 Å². The Balaban J connectivity index is 1.72. The van der Waals surface area contributed by atoms with E-state index in [0.29, 0.717) is 11.1 Å². The molecule has 1 atom stereocenters. The van der Waals surface area contributed by atoms with E-state index in [-0.39, 0.29) is 22.7 Å². The summed E-state index contributed by atoms with van der Waals surface area (Å²) in [5, 5.41) is 4.77. The second kappa shape index (κ2) is 12.2. The molecule has 0 amide bonds. The first-order valence-electron chi connectivity index (χ1n) is 15.3. The molecule has 1 N–H and O–H groups in total. The average Bonchev–Trinajstić information content (AvgIpc) is 2.99. The number of thioether (sulfide) groups is 1. The Bertz CT molecular complexity index is 1760. The predicted octanol–water partition coefficient (Wildman–Crippen LogP) is 10.2. The van der Waals surface area contributed by atoms with Crippen molar-refractivity contribution in [1.29, 1.82) is 0 Å².